The Morgan fingerprint density at radius 3 is 1.68 bits per heavy atom. The van der Waals surface area contributed by atoms with Crippen molar-refractivity contribution in [2.45, 2.75) is 45.1 Å². The fourth-order valence-corrected chi connectivity index (χ4v) is 5.68. The van der Waals surface area contributed by atoms with Gasteiger partial charge in [-0.15, -0.1) is 0 Å². The average molecular weight is 512 g/mol. The van der Waals surface area contributed by atoms with Crippen molar-refractivity contribution in [3.05, 3.63) is 76.3 Å². The fraction of sp³-hybridized carbons (Fsp3) is 0.276. The molecule has 0 aliphatic carbocycles. The highest BCUT2D eigenvalue weighted by Gasteiger charge is 2.45. The summed E-state index contributed by atoms with van der Waals surface area (Å²) in [7, 11) is 0. The molecule has 4 amide bonds. The molecule has 6 rings (SSSR count). The molecule has 9 nitrogen and oxygen atoms in total. The lowest BCUT2D eigenvalue weighted by Gasteiger charge is -2.37. The van der Waals surface area contributed by atoms with Gasteiger partial charge in [-0.25, -0.2) is 9.91 Å². The smallest absolute Gasteiger partial charge is 0.322 e. The van der Waals surface area contributed by atoms with E-state index in [0.29, 0.717) is 18.5 Å². The van der Waals surface area contributed by atoms with Crippen molar-refractivity contribution in [2.75, 3.05) is 11.4 Å². The average Bonchev–Trinajstić information content (AvgIpc) is 3.36. The molecule has 1 N–H and O–H groups in total. The second kappa shape index (κ2) is 8.06. The number of anilines is 1. The number of carbonyl (C=O) groups excluding carboxylic acids is 4. The van der Waals surface area contributed by atoms with Crippen LogP contribution in [0, 0.1) is 0 Å². The van der Waals surface area contributed by atoms with E-state index in [4.69, 9.17) is 0 Å². The molecule has 38 heavy (non-hydrogen) atoms. The minimum absolute atomic E-state index is 0.0975. The molecule has 1 saturated heterocycles. The molecule has 9 heteroatoms. The van der Waals surface area contributed by atoms with Crippen LogP contribution < -0.4 is 4.90 Å². The Kier molecular flexibility index (Phi) is 5.09. The van der Waals surface area contributed by atoms with Crippen LogP contribution in [-0.2, 0) is 10.2 Å². The number of hydrogen-bond acceptors (Lipinski definition) is 6. The zero-order valence-corrected chi connectivity index (χ0v) is 21.1. The molecule has 0 bridgehead atoms. The quantitative estimate of drug-likeness (QED) is 0.529. The van der Waals surface area contributed by atoms with E-state index in [0.717, 1.165) is 15.5 Å². The largest absolute Gasteiger partial charge is 0.480 e. The van der Waals surface area contributed by atoms with Crippen molar-refractivity contribution in [3.8, 4) is 0 Å². The SMILES string of the molecule is CC(C)(C)c1ccc(N2C(=O)c3ccc4c5c(ccc(c35)C2=O)C(=O)N(N2CCCC2C(=O)O)C4=O)cc1. The molecule has 1 fully saturated rings. The van der Waals surface area contributed by atoms with E-state index in [1.165, 1.54) is 29.3 Å². The van der Waals surface area contributed by atoms with Gasteiger partial charge in [-0.2, -0.15) is 5.01 Å². The molecule has 3 aromatic carbocycles. The van der Waals surface area contributed by atoms with E-state index in [1.54, 1.807) is 12.1 Å². The monoisotopic (exact) mass is 511 g/mol. The van der Waals surface area contributed by atoms with Crippen molar-refractivity contribution in [1.82, 2.24) is 10.0 Å². The summed E-state index contributed by atoms with van der Waals surface area (Å²) < 4.78 is 0. The minimum atomic E-state index is -1.11. The number of carbonyl (C=O) groups is 5. The number of nitrogens with zero attached hydrogens (tertiary/aromatic N) is 3. The molecule has 0 aromatic heterocycles. The van der Waals surface area contributed by atoms with Crippen molar-refractivity contribution in [1.29, 1.82) is 0 Å². The number of benzene rings is 3. The maximum atomic E-state index is 13.6. The molecule has 0 radical (unpaired) electrons. The van der Waals surface area contributed by atoms with Gasteiger partial charge >= 0.3 is 5.97 Å². The second-order valence-corrected chi connectivity index (χ2v) is 10.9. The van der Waals surface area contributed by atoms with Crippen LogP contribution in [0.15, 0.2) is 48.5 Å². The molecule has 1 atom stereocenters. The van der Waals surface area contributed by atoms with Gasteiger partial charge in [0.15, 0.2) is 0 Å². The first kappa shape index (κ1) is 24.0. The predicted molar refractivity (Wildman–Crippen MR) is 138 cm³/mol. The van der Waals surface area contributed by atoms with Gasteiger partial charge in [0, 0.05) is 28.4 Å². The predicted octanol–water partition coefficient (Wildman–Crippen LogP) is 4.00. The Morgan fingerprint density at radius 2 is 1.24 bits per heavy atom. The molecule has 3 heterocycles. The zero-order valence-electron chi connectivity index (χ0n) is 21.1. The standard InChI is InChI=1S/C29H25N3O6/c1-29(2,3)15-6-8-16(9-7-15)31-24(33)17-10-12-19-23-20(13-11-18(22(17)23)25(31)34)27(36)32(26(19)35)30-14-4-5-21(30)28(37)38/h6-13,21H,4-5,14H2,1-3H3,(H,37,38). The van der Waals surface area contributed by atoms with Crippen LogP contribution in [0.25, 0.3) is 10.8 Å². The number of hydrogen-bond donors (Lipinski definition) is 1. The second-order valence-electron chi connectivity index (χ2n) is 10.9. The maximum absolute atomic E-state index is 13.6. The lowest BCUT2D eigenvalue weighted by Crippen LogP contribution is -2.55. The molecule has 3 aromatic rings. The highest BCUT2D eigenvalue weighted by molar-refractivity contribution is 6.39. The number of hydrazine groups is 1. The number of amides is 4. The normalized spacial score (nSPS) is 19.6. The minimum Gasteiger partial charge on any atom is -0.480 e. The van der Waals surface area contributed by atoms with E-state index in [1.807, 2.05) is 12.1 Å². The van der Waals surface area contributed by atoms with E-state index >= 15 is 0 Å². The van der Waals surface area contributed by atoms with Gasteiger partial charge in [0.1, 0.15) is 6.04 Å². The maximum Gasteiger partial charge on any atom is 0.322 e. The van der Waals surface area contributed by atoms with Gasteiger partial charge in [-0.3, -0.25) is 24.0 Å². The molecule has 0 spiro atoms. The van der Waals surface area contributed by atoms with Crippen LogP contribution in [-0.4, -0.2) is 57.3 Å². The van der Waals surface area contributed by atoms with Gasteiger partial charge in [0.2, 0.25) is 0 Å². The first-order chi connectivity index (χ1) is 18.0. The number of rotatable bonds is 3. The summed E-state index contributed by atoms with van der Waals surface area (Å²) in [4.78, 5) is 67.2. The van der Waals surface area contributed by atoms with Crippen LogP contribution in [0.4, 0.5) is 5.69 Å². The third kappa shape index (κ3) is 3.24. The summed E-state index contributed by atoms with van der Waals surface area (Å²) in [5.41, 5.74) is 2.14. The van der Waals surface area contributed by atoms with Crippen LogP contribution in [0.3, 0.4) is 0 Å². The van der Waals surface area contributed by atoms with E-state index in [2.05, 4.69) is 20.8 Å². The van der Waals surface area contributed by atoms with Crippen LogP contribution in [0.1, 0.15) is 80.6 Å². The Labute approximate surface area is 218 Å². The lowest BCUT2D eigenvalue weighted by atomic mass is 9.85. The van der Waals surface area contributed by atoms with Gasteiger partial charge in [0.25, 0.3) is 23.6 Å². The summed E-state index contributed by atoms with van der Waals surface area (Å²) in [6.07, 6.45) is 0.853. The lowest BCUT2D eigenvalue weighted by molar-refractivity contribution is -0.145. The Balaban J connectivity index is 1.46. The van der Waals surface area contributed by atoms with Crippen molar-refractivity contribution in [3.63, 3.8) is 0 Å². The summed E-state index contributed by atoms with van der Waals surface area (Å²) in [5, 5.41) is 12.3. The van der Waals surface area contributed by atoms with Gasteiger partial charge in [-0.1, -0.05) is 32.9 Å². The van der Waals surface area contributed by atoms with Crippen LogP contribution >= 0.6 is 0 Å². The summed E-state index contributed by atoms with van der Waals surface area (Å²) in [6, 6.07) is 12.2. The summed E-state index contributed by atoms with van der Waals surface area (Å²) in [6.45, 7) is 6.48. The van der Waals surface area contributed by atoms with Crippen molar-refractivity contribution in [2.24, 2.45) is 0 Å². The molecule has 192 valence electrons. The van der Waals surface area contributed by atoms with E-state index in [-0.39, 0.29) is 45.0 Å². The number of imide groups is 2. The third-order valence-electron chi connectivity index (χ3n) is 7.63. The molecule has 0 saturated carbocycles. The Hall–Kier alpha value is -4.37. The van der Waals surface area contributed by atoms with E-state index < -0.39 is 35.6 Å². The van der Waals surface area contributed by atoms with Crippen molar-refractivity contribution >= 4 is 46.1 Å². The van der Waals surface area contributed by atoms with Crippen molar-refractivity contribution < 1.29 is 29.1 Å². The van der Waals surface area contributed by atoms with Crippen LogP contribution in [0.5, 0.6) is 0 Å². The Morgan fingerprint density at radius 1 is 0.763 bits per heavy atom. The summed E-state index contributed by atoms with van der Waals surface area (Å²) >= 11 is 0. The highest BCUT2D eigenvalue weighted by atomic mass is 16.4. The highest BCUT2D eigenvalue weighted by Crippen LogP contribution is 2.40. The van der Waals surface area contributed by atoms with Gasteiger partial charge in [-0.05, 0) is 60.2 Å². The molecular weight excluding hydrogens is 486 g/mol. The van der Waals surface area contributed by atoms with Crippen LogP contribution in [0.2, 0.25) is 0 Å². The fourth-order valence-electron chi connectivity index (χ4n) is 5.68. The topological polar surface area (TPSA) is 115 Å². The number of carboxylic acids is 1. The third-order valence-corrected chi connectivity index (χ3v) is 7.63. The number of carboxylic acid groups (broad SMARTS) is 1. The summed E-state index contributed by atoms with van der Waals surface area (Å²) in [5.74, 6) is -3.52. The van der Waals surface area contributed by atoms with Gasteiger partial charge in [0.05, 0.1) is 16.8 Å². The zero-order chi connectivity index (χ0) is 27.1. The van der Waals surface area contributed by atoms with Gasteiger partial charge < -0.3 is 5.11 Å². The molecule has 1 unspecified atom stereocenters. The first-order valence-corrected chi connectivity index (χ1v) is 12.5. The Bertz CT molecular complexity index is 1530. The number of aliphatic carboxylic acids is 1. The molecular formula is C29H25N3O6. The molecule has 3 aliphatic heterocycles. The molecule has 3 aliphatic rings. The van der Waals surface area contributed by atoms with E-state index in [9.17, 15) is 29.1 Å². The first-order valence-electron chi connectivity index (χ1n) is 12.5.